The number of halogens is 4. The Bertz CT molecular complexity index is 946. The molecule has 2 aromatic heterocycles. The number of para-hydroxylation sites is 1. The number of rotatable bonds is 4. The van der Waals surface area contributed by atoms with E-state index in [-0.39, 0.29) is 11.2 Å². The summed E-state index contributed by atoms with van der Waals surface area (Å²) >= 11 is 0. The zero-order chi connectivity index (χ0) is 18.9. The molecule has 0 saturated carbocycles. The molecule has 0 bridgehead atoms. The number of hydrogen-bond acceptors (Lipinski definition) is 4. The van der Waals surface area contributed by atoms with E-state index in [0.717, 1.165) is 12.1 Å². The highest BCUT2D eigenvalue weighted by Crippen LogP contribution is 2.33. The molecule has 136 valence electrons. The van der Waals surface area contributed by atoms with E-state index in [0.29, 0.717) is 5.82 Å². The minimum absolute atomic E-state index is 0.105. The van der Waals surface area contributed by atoms with Crippen molar-refractivity contribution >= 4 is 5.91 Å². The van der Waals surface area contributed by atoms with Crippen LogP contribution < -0.4 is 5.32 Å². The number of amides is 1. The number of hydrogen-bond donors (Lipinski definition) is 1. The zero-order valence-electron chi connectivity index (χ0n) is 13.3. The minimum atomic E-state index is -4.97. The van der Waals surface area contributed by atoms with E-state index in [1.165, 1.54) is 18.3 Å². The van der Waals surface area contributed by atoms with Gasteiger partial charge in [0.2, 0.25) is 0 Å². The molecule has 11 heteroatoms. The first-order chi connectivity index (χ1) is 12.3. The molecule has 2 heterocycles. The lowest BCUT2D eigenvalue weighted by Gasteiger charge is -2.11. The van der Waals surface area contributed by atoms with Gasteiger partial charge >= 0.3 is 6.18 Å². The van der Waals surface area contributed by atoms with Crippen molar-refractivity contribution in [2.24, 2.45) is 7.05 Å². The van der Waals surface area contributed by atoms with Gasteiger partial charge in [0, 0.05) is 19.4 Å². The predicted molar refractivity (Wildman–Crippen MR) is 80.7 cm³/mol. The molecule has 0 fully saturated rings. The second-order valence-corrected chi connectivity index (χ2v) is 5.28. The third-order valence-corrected chi connectivity index (χ3v) is 3.56. The van der Waals surface area contributed by atoms with Crippen molar-refractivity contribution in [1.82, 2.24) is 29.9 Å². The Balaban J connectivity index is 1.96. The molecule has 1 aromatic carbocycles. The van der Waals surface area contributed by atoms with Gasteiger partial charge in [0.1, 0.15) is 17.3 Å². The number of benzene rings is 1. The van der Waals surface area contributed by atoms with Crippen molar-refractivity contribution < 1.29 is 22.4 Å². The van der Waals surface area contributed by atoms with E-state index >= 15 is 0 Å². The number of aromatic nitrogens is 5. The van der Waals surface area contributed by atoms with Crippen LogP contribution >= 0.6 is 0 Å². The van der Waals surface area contributed by atoms with Gasteiger partial charge in [-0.1, -0.05) is 17.3 Å². The summed E-state index contributed by atoms with van der Waals surface area (Å²) in [4.78, 5) is 16.1. The van der Waals surface area contributed by atoms with Crippen LogP contribution in [-0.2, 0) is 19.8 Å². The Morgan fingerprint density at radius 3 is 2.62 bits per heavy atom. The molecular weight excluding hydrogens is 356 g/mol. The maximum absolute atomic E-state index is 13.9. The molecule has 3 aromatic rings. The van der Waals surface area contributed by atoms with Gasteiger partial charge in [-0.2, -0.15) is 13.2 Å². The van der Waals surface area contributed by atoms with Crippen molar-refractivity contribution in [3.63, 3.8) is 0 Å². The summed E-state index contributed by atoms with van der Waals surface area (Å²) in [5, 5.41) is 8.93. The highest BCUT2D eigenvalue weighted by atomic mass is 19.4. The normalized spacial score (nSPS) is 11.6. The van der Waals surface area contributed by atoms with Crippen molar-refractivity contribution in [3.05, 3.63) is 59.7 Å². The summed E-state index contributed by atoms with van der Waals surface area (Å²) in [5.74, 6) is -1.58. The SMILES string of the molecule is Cn1ccnc1CNC(=O)c1nnn(-c2ccccc2F)c1C(F)(F)F. The smallest absolute Gasteiger partial charge is 0.343 e. The van der Waals surface area contributed by atoms with Gasteiger partial charge in [0.25, 0.3) is 5.91 Å². The molecule has 0 atom stereocenters. The van der Waals surface area contributed by atoms with Gasteiger partial charge in [-0.25, -0.2) is 14.1 Å². The fourth-order valence-electron chi connectivity index (χ4n) is 2.29. The van der Waals surface area contributed by atoms with Crippen LogP contribution in [0.15, 0.2) is 36.7 Å². The second-order valence-electron chi connectivity index (χ2n) is 5.28. The standard InChI is InChI=1S/C15H12F4N6O/c1-24-7-6-20-11(24)8-21-14(26)12-13(15(17,18)19)25(23-22-12)10-5-3-2-4-9(10)16/h2-7H,8H2,1H3,(H,21,26). The lowest BCUT2D eigenvalue weighted by atomic mass is 10.2. The Morgan fingerprint density at radius 1 is 1.27 bits per heavy atom. The van der Waals surface area contributed by atoms with Crippen LogP contribution in [0, 0.1) is 5.82 Å². The number of imidazole rings is 1. The van der Waals surface area contributed by atoms with Gasteiger partial charge in [-0.05, 0) is 12.1 Å². The number of aryl methyl sites for hydroxylation is 1. The van der Waals surface area contributed by atoms with Gasteiger partial charge in [0.05, 0.1) is 6.54 Å². The molecule has 26 heavy (non-hydrogen) atoms. The summed E-state index contributed by atoms with van der Waals surface area (Å²) in [6, 6.07) is 4.76. The summed E-state index contributed by atoms with van der Waals surface area (Å²) in [7, 11) is 1.67. The predicted octanol–water partition coefficient (Wildman–Crippen LogP) is 2.09. The van der Waals surface area contributed by atoms with Gasteiger partial charge in [-0.3, -0.25) is 4.79 Å². The fourth-order valence-corrected chi connectivity index (χ4v) is 2.29. The molecule has 1 amide bonds. The fraction of sp³-hybridized carbons (Fsp3) is 0.200. The largest absolute Gasteiger partial charge is 0.435 e. The van der Waals surface area contributed by atoms with E-state index in [9.17, 15) is 22.4 Å². The molecule has 0 saturated heterocycles. The topological polar surface area (TPSA) is 77.6 Å². The van der Waals surface area contributed by atoms with E-state index in [2.05, 4.69) is 20.6 Å². The molecule has 0 aliphatic rings. The monoisotopic (exact) mass is 368 g/mol. The maximum Gasteiger partial charge on any atom is 0.435 e. The van der Waals surface area contributed by atoms with Crippen molar-refractivity contribution in [2.45, 2.75) is 12.7 Å². The van der Waals surface area contributed by atoms with Crippen LogP contribution in [0.25, 0.3) is 5.69 Å². The Morgan fingerprint density at radius 2 is 2.00 bits per heavy atom. The molecule has 0 aliphatic heterocycles. The van der Waals surface area contributed by atoms with Crippen molar-refractivity contribution in [2.75, 3.05) is 0 Å². The summed E-state index contributed by atoms with van der Waals surface area (Å²) in [6.07, 6.45) is -1.87. The Hall–Kier alpha value is -3.24. The zero-order valence-corrected chi connectivity index (χ0v) is 13.3. The highest BCUT2D eigenvalue weighted by molar-refractivity contribution is 5.93. The number of carbonyl (C=O) groups excluding carboxylic acids is 1. The number of alkyl halides is 3. The van der Waals surface area contributed by atoms with E-state index in [1.807, 2.05) is 0 Å². The Kier molecular flexibility index (Phi) is 4.45. The first-order valence-electron chi connectivity index (χ1n) is 7.31. The van der Waals surface area contributed by atoms with Gasteiger partial charge < -0.3 is 9.88 Å². The van der Waals surface area contributed by atoms with Crippen molar-refractivity contribution in [1.29, 1.82) is 0 Å². The number of nitrogens with zero attached hydrogens (tertiary/aromatic N) is 5. The molecule has 1 N–H and O–H groups in total. The third-order valence-electron chi connectivity index (χ3n) is 3.56. The molecule has 3 rings (SSSR count). The molecular formula is C15H12F4N6O. The van der Waals surface area contributed by atoms with Crippen LogP contribution in [0.1, 0.15) is 22.0 Å². The minimum Gasteiger partial charge on any atom is -0.343 e. The van der Waals surface area contributed by atoms with Crippen LogP contribution in [0.5, 0.6) is 0 Å². The van der Waals surface area contributed by atoms with E-state index < -0.39 is 35.0 Å². The van der Waals surface area contributed by atoms with Crippen LogP contribution in [0.3, 0.4) is 0 Å². The quantitative estimate of drug-likeness (QED) is 0.716. The van der Waals surface area contributed by atoms with Crippen molar-refractivity contribution in [3.8, 4) is 5.69 Å². The summed E-state index contributed by atoms with van der Waals surface area (Å²) in [6.45, 7) is -0.105. The Labute approximate surface area is 144 Å². The van der Waals surface area contributed by atoms with Gasteiger partial charge in [-0.15, -0.1) is 5.10 Å². The van der Waals surface area contributed by atoms with Crippen LogP contribution in [0.2, 0.25) is 0 Å². The number of nitrogens with one attached hydrogen (secondary N) is 1. The van der Waals surface area contributed by atoms with Crippen LogP contribution in [-0.4, -0.2) is 30.5 Å². The average molecular weight is 368 g/mol. The van der Waals surface area contributed by atoms with E-state index in [4.69, 9.17) is 0 Å². The summed E-state index contributed by atoms with van der Waals surface area (Å²) < 4.78 is 56.2. The molecule has 0 radical (unpaired) electrons. The lowest BCUT2D eigenvalue weighted by Crippen LogP contribution is -2.28. The first kappa shape index (κ1) is 17.6. The maximum atomic E-state index is 13.9. The number of carbonyl (C=O) groups is 1. The molecule has 0 aliphatic carbocycles. The highest BCUT2D eigenvalue weighted by Gasteiger charge is 2.42. The van der Waals surface area contributed by atoms with Gasteiger partial charge in [0.15, 0.2) is 11.4 Å². The summed E-state index contributed by atoms with van der Waals surface area (Å²) in [5.41, 5.74) is -2.87. The second kappa shape index (κ2) is 6.58. The van der Waals surface area contributed by atoms with Crippen LogP contribution in [0.4, 0.5) is 17.6 Å². The van der Waals surface area contributed by atoms with E-state index in [1.54, 1.807) is 17.8 Å². The third kappa shape index (κ3) is 3.27. The average Bonchev–Trinajstić information content (AvgIpc) is 3.19. The first-order valence-corrected chi connectivity index (χ1v) is 7.31. The lowest BCUT2D eigenvalue weighted by molar-refractivity contribution is -0.143. The molecule has 0 spiro atoms. The molecule has 7 nitrogen and oxygen atoms in total. The molecule has 0 unspecified atom stereocenters.